The Bertz CT molecular complexity index is 384. The lowest BCUT2D eigenvalue weighted by atomic mass is 10.4. The third kappa shape index (κ3) is 3.04. The third-order valence-corrected chi connectivity index (χ3v) is 3.97. The number of nitrogens with two attached hydrogens (primary N) is 1. The number of rotatable bonds is 6. The lowest BCUT2D eigenvalue weighted by Crippen LogP contribution is -2.08. The molecule has 1 heterocycles. The molecule has 0 amide bonds. The maximum absolute atomic E-state index is 8.88. The van der Waals surface area contributed by atoms with E-state index in [2.05, 4.69) is 11.4 Å². The highest BCUT2D eigenvalue weighted by molar-refractivity contribution is 7.99. The topological polar surface area (TPSA) is 71.1 Å². The first-order chi connectivity index (χ1) is 7.74. The lowest BCUT2D eigenvalue weighted by Gasteiger charge is -2.05. The molecule has 0 aliphatic rings. The van der Waals surface area contributed by atoms with Gasteiger partial charge in [-0.3, -0.25) is 0 Å². The van der Waals surface area contributed by atoms with Crippen LogP contribution in [0.15, 0.2) is 4.90 Å². The molecule has 0 radical (unpaired) electrons. The molecule has 0 atom stereocenters. The van der Waals surface area contributed by atoms with Gasteiger partial charge < -0.3 is 15.8 Å². The summed E-state index contributed by atoms with van der Waals surface area (Å²) >= 11 is 2.95. The van der Waals surface area contributed by atoms with Crippen molar-refractivity contribution in [1.82, 2.24) is 0 Å². The summed E-state index contributed by atoms with van der Waals surface area (Å²) in [6, 6.07) is 2.10. The molecule has 0 aliphatic carbocycles. The summed E-state index contributed by atoms with van der Waals surface area (Å²) in [5, 5.41) is 13.1. The van der Waals surface area contributed by atoms with Crippen LogP contribution in [-0.2, 0) is 4.74 Å². The summed E-state index contributed by atoms with van der Waals surface area (Å²) in [6.07, 6.45) is 1.95. The molecule has 0 spiro atoms. The van der Waals surface area contributed by atoms with Crippen LogP contribution in [0.3, 0.4) is 0 Å². The van der Waals surface area contributed by atoms with E-state index in [0.717, 1.165) is 16.4 Å². The maximum Gasteiger partial charge on any atom is 0.131 e. The second-order valence-corrected chi connectivity index (χ2v) is 4.78. The Labute approximate surface area is 104 Å². The molecule has 0 aliphatic heterocycles. The van der Waals surface area contributed by atoms with Crippen LogP contribution < -0.4 is 11.1 Å². The number of nitrogens with one attached hydrogen (secondary N) is 1. The summed E-state index contributed by atoms with van der Waals surface area (Å²) < 4.78 is 5.23. The fraction of sp³-hybridized carbons (Fsp3) is 0.500. The van der Waals surface area contributed by atoms with Crippen molar-refractivity contribution in [2.75, 3.05) is 37.1 Å². The van der Waals surface area contributed by atoms with Crippen molar-refractivity contribution < 1.29 is 4.74 Å². The fourth-order valence-electron chi connectivity index (χ4n) is 1.21. The van der Waals surface area contributed by atoms with Crippen molar-refractivity contribution in [3.8, 4) is 6.07 Å². The van der Waals surface area contributed by atoms with Crippen molar-refractivity contribution in [2.24, 2.45) is 0 Å². The van der Waals surface area contributed by atoms with E-state index in [1.165, 1.54) is 11.3 Å². The highest BCUT2D eigenvalue weighted by Crippen LogP contribution is 2.40. The third-order valence-electron chi connectivity index (χ3n) is 1.94. The van der Waals surface area contributed by atoms with Gasteiger partial charge in [-0.05, 0) is 13.2 Å². The molecule has 6 heteroatoms. The van der Waals surface area contributed by atoms with Crippen molar-refractivity contribution in [3.63, 3.8) is 0 Å². The minimum atomic E-state index is 0.572. The molecule has 0 saturated heterocycles. The normalized spacial score (nSPS) is 10.1. The van der Waals surface area contributed by atoms with E-state index in [0.29, 0.717) is 23.8 Å². The molecule has 3 N–H and O–H groups in total. The number of nitrogen functional groups attached to an aromatic ring is 1. The number of thioether (sulfide) groups is 1. The predicted octanol–water partition coefficient (Wildman–Crippen LogP) is 2.37. The molecule has 16 heavy (non-hydrogen) atoms. The van der Waals surface area contributed by atoms with E-state index < -0.39 is 0 Å². The molecule has 1 rings (SSSR count). The Morgan fingerprint density at radius 1 is 1.62 bits per heavy atom. The molecule has 0 bridgehead atoms. The molecular formula is C10H15N3OS2. The number of nitriles is 1. The molecule has 88 valence electrons. The van der Waals surface area contributed by atoms with Gasteiger partial charge in [-0.2, -0.15) is 5.26 Å². The predicted molar refractivity (Wildman–Crippen MR) is 70.2 cm³/mol. The number of hydrogen-bond acceptors (Lipinski definition) is 6. The van der Waals surface area contributed by atoms with Gasteiger partial charge >= 0.3 is 0 Å². The summed E-state index contributed by atoms with van der Waals surface area (Å²) in [4.78, 5) is 1.53. The van der Waals surface area contributed by atoms with Crippen LogP contribution in [0.4, 0.5) is 10.7 Å². The summed E-state index contributed by atoms with van der Waals surface area (Å²) in [5.41, 5.74) is 6.43. The van der Waals surface area contributed by atoms with Gasteiger partial charge in [0, 0.05) is 13.2 Å². The summed E-state index contributed by atoms with van der Waals surface area (Å²) in [7, 11) is 0. The van der Waals surface area contributed by atoms with Gasteiger partial charge in [0.15, 0.2) is 0 Å². The van der Waals surface area contributed by atoms with Crippen LogP contribution >= 0.6 is 23.1 Å². The van der Waals surface area contributed by atoms with Crippen LogP contribution in [0.5, 0.6) is 0 Å². The number of nitrogens with zero attached hydrogens (tertiary/aromatic N) is 1. The first-order valence-corrected chi connectivity index (χ1v) is 6.96. The number of anilines is 2. The van der Waals surface area contributed by atoms with Crippen LogP contribution in [0.25, 0.3) is 0 Å². The van der Waals surface area contributed by atoms with Crippen LogP contribution in [0, 0.1) is 11.3 Å². The average molecular weight is 257 g/mol. The monoisotopic (exact) mass is 257 g/mol. The second-order valence-electron chi connectivity index (χ2n) is 2.94. The van der Waals surface area contributed by atoms with Gasteiger partial charge in [0.2, 0.25) is 0 Å². The molecule has 0 fully saturated rings. The van der Waals surface area contributed by atoms with Crippen molar-refractivity contribution in [2.45, 2.75) is 11.8 Å². The van der Waals surface area contributed by atoms with Crippen LogP contribution in [0.1, 0.15) is 11.8 Å². The smallest absolute Gasteiger partial charge is 0.131 e. The maximum atomic E-state index is 8.88. The van der Waals surface area contributed by atoms with Gasteiger partial charge in [0.25, 0.3) is 0 Å². The summed E-state index contributed by atoms with van der Waals surface area (Å²) in [6.45, 7) is 4.06. The Morgan fingerprint density at radius 2 is 2.38 bits per heavy atom. The second kappa shape index (κ2) is 6.63. The molecule has 0 aromatic carbocycles. The first-order valence-electron chi connectivity index (χ1n) is 4.92. The number of hydrogen-bond donors (Lipinski definition) is 2. The van der Waals surface area contributed by atoms with Crippen molar-refractivity contribution in [1.29, 1.82) is 5.26 Å². The van der Waals surface area contributed by atoms with E-state index in [4.69, 9.17) is 15.7 Å². The number of thiophene rings is 1. The highest BCUT2D eigenvalue weighted by atomic mass is 32.2. The fourth-order valence-corrected chi connectivity index (χ4v) is 3.07. The van der Waals surface area contributed by atoms with E-state index in [9.17, 15) is 0 Å². The van der Waals surface area contributed by atoms with Gasteiger partial charge in [-0.15, -0.1) is 23.1 Å². The van der Waals surface area contributed by atoms with Crippen LogP contribution in [0.2, 0.25) is 0 Å². The van der Waals surface area contributed by atoms with Gasteiger partial charge in [-0.25, -0.2) is 0 Å². The molecule has 0 saturated carbocycles. The molecular weight excluding hydrogens is 242 g/mol. The number of ether oxygens (including phenoxy) is 1. The molecule has 0 unspecified atom stereocenters. The van der Waals surface area contributed by atoms with E-state index in [-0.39, 0.29) is 0 Å². The Kier molecular flexibility index (Phi) is 5.46. The molecule has 1 aromatic rings. The average Bonchev–Trinajstić information content (AvgIpc) is 2.60. The SMILES string of the molecule is CCOCCNc1sc(C#N)c(N)c1SC. The standard InChI is InChI=1S/C10H15N3OS2/c1-3-14-5-4-13-10-9(15-2)8(12)7(6-11)16-10/h13H,3-5,12H2,1-2H3. The summed E-state index contributed by atoms with van der Waals surface area (Å²) in [5.74, 6) is 0. The van der Waals surface area contributed by atoms with Gasteiger partial charge in [0.1, 0.15) is 15.9 Å². The van der Waals surface area contributed by atoms with E-state index in [1.54, 1.807) is 11.8 Å². The Balaban J connectivity index is 2.68. The molecule has 4 nitrogen and oxygen atoms in total. The van der Waals surface area contributed by atoms with E-state index in [1.807, 2.05) is 13.2 Å². The zero-order valence-electron chi connectivity index (χ0n) is 9.37. The van der Waals surface area contributed by atoms with Gasteiger partial charge in [0.05, 0.1) is 17.2 Å². The largest absolute Gasteiger partial charge is 0.396 e. The highest BCUT2D eigenvalue weighted by Gasteiger charge is 2.14. The zero-order valence-corrected chi connectivity index (χ0v) is 11.0. The lowest BCUT2D eigenvalue weighted by molar-refractivity contribution is 0.158. The Morgan fingerprint density at radius 3 is 2.94 bits per heavy atom. The van der Waals surface area contributed by atoms with Crippen molar-refractivity contribution in [3.05, 3.63) is 4.88 Å². The van der Waals surface area contributed by atoms with Crippen molar-refractivity contribution >= 4 is 33.8 Å². The minimum absolute atomic E-state index is 0.572. The first kappa shape index (κ1) is 13.2. The quantitative estimate of drug-likeness (QED) is 0.605. The van der Waals surface area contributed by atoms with Crippen LogP contribution in [-0.4, -0.2) is 26.0 Å². The van der Waals surface area contributed by atoms with Gasteiger partial charge in [-0.1, -0.05) is 0 Å². The zero-order chi connectivity index (χ0) is 12.0. The Hall–Kier alpha value is -0.900. The van der Waals surface area contributed by atoms with E-state index >= 15 is 0 Å². The minimum Gasteiger partial charge on any atom is -0.396 e. The molecule has 1 aromatic heterocycles.